The standard InChI is InChI=1S/C12H13N3/c1-4-9(3)6-10(5-2)11-8-14-15-12(11)7-13/h4-6,8H,2H2,1,3H3,(H,14,15)/b9-4-,10-6+. The molecule has 0 unspecified atom stereocenters. The Morgan fingerprint density at radius 3 is 2.93 bits per heavy atom. The third kappa shape index (κ3) is 2.44. The van der Waals surface area contributed by atoms with Crippen LogP contribution in [0, 0.1) is 11.3 Å². The van der Waals surface area contributed by atoms with E-state index < -0.39 is 0 Å². The van der Waals surface area contributed by atoms with Crippen LogP contribution in [0.4, 0.5) is 0 Å². The van der Waals surface area contributed by atoms with Crippen LogP contribution in [0.5, 0.6) is 0 Å². The van der Waals surface area contributed by atoms with Crippen molar-refractivity contribution in [1.82, 2.24) is 10.2 Å². The minimum Gasteiger partial charge on any atom is -0.267 e. The van der Waals surface area contributed by atoms with Crippen LogP contribution in [0.25, 0.3) is 5.57 Å². The molecular formula is C12H13N3. The second kappa shape index (κ2) is 4.97. The molecule has 0 aliphatic carbocycles. The number of H-pyrrole nitrogens is 1. The Morgan fingerprint density at radius 2 is 2.40 bits per heavy atom. The van der Waals surface area contributed by atoms with E-state index in [4.69, 9.17) is 5.26 Å². The van der Waals surface area contributed by atoms with Gasteiger partial charge in [-0.2, -0.15) is 10.4 Å². The number of allylic oxidation sites excluding steroid dienone is 5. The van der Waals surface area contributed by atoms with E-state index in [1.165, 1.54) is 0 Å². The number of nitrogens with zero attached hydrogens (tertiary/aromatic N) is 2. The summed E-state index contributed by atoms with van der Waals surface area (Å²) in [5, 5.41) is 15.3. The summed E-state index contributed by atoms with van der Waals surface area (Å²) in [5.41, 5.74) is 3.27. The smallest absolute Gasteiger partial charge is 0.143 e. The van der Waals surface area contributed by atoms with Crippen LogP contribution in [0.1, 0.15) is 25.1 Å². The molecule has 0 saturated heterocycles. The van der Waals surface area contributed by atoms with Crippen LogP contribution in [0.15, 0.2) is 36.6 Å². The molecule has 0 amide bonds. The molecular weight excluding hydrogens is 186 g/mol. The van der Waals surface area contributed by atoms with Gasteiger partial charge in [-0.1, -0.05) is 30.4 Å². The number of hydrogen-bond donors (Lipinski definition) is 1. The first-order valence-electron chi connectivity index (χ1n) is 4.63. The molecule has 0 aliphatic heterocycles. The van der Waals surface area contributed by atoms with Crippen LogP contribution in [0.2, 0.25) is 0 Å². The fraction of sp³-hybridized carbons (Fsp3) is 0.167. The molecule has 0 fully saturated rings. The Bertz CT molecular complexity index is 455. The summed E-state index contributed by atoms with van der Waals surface area (Å²) < 4.78 is 0. The van der Waals surface area contributed by atoms with Crippen LogP contribution >= 0.6 is 0 Å². The number of aromatic amines is 1. The lowest BCUT2D eigenvalue weighted by Crippen LogP contribution is -1.84. The van der Waals surface area contributed by atoms with Gasteiger partial charge in [0.25, 0.3) is 0 Å². The fourth-order valence-corrected chi connectivity index (χ4v) is 1.17. The maximum Gasteiger partial charge on any atom is 0.143 e. The molecule has 1 N–H and O–H groups in total. The van der Waals surface area contributed by atoms with Gasteiger partial charge in [0, 0.05) is 5.56 Å². The van der Waals surface area contributed by atoms with E-state index in [9.17, 15) is 0 Å². The molecule has 0 radical (unpaired) electrons. The Balaban J connectivity index is 3.20. The fourth-order valence-electron chi connectivity index (χ4n) is 1.17. The molecule has 15 heavy (non-hydrogen) atoms. The lowest BCUT2D eigenvalue weighted by molar-refractivity contribution is 1.07. The molecule has 0 spiro atoms. The quantitative estimate of drug-likeness (QED) is 0.761. The van der Waals surface area contributed by atoms with Gasteiger partial charge >= 0.3 is 0 Å². The Kier molecular flexibility index (Phi) is 3.64. The lowest BCUT2D eigenvalue weighted by atomic mass is 10.0. The van der Waals surface area contributed by atoms with Crippen molar-refractivity contribution < 1.29 is 0 Å². The van der Waals surface area contributed by atoms with Crippen molar-refractivity contribution in [2.75, 3.05) is 0 Å². The van der Waals surface area contributed by atoms with Crippen molar-refractivity contribution >= 4 is 5.57 Å². The van der Waals surface area contributed by atoms with Crippen molar-refractivity contribution in [2.24, 2.45) is 0 Å². The predicted octanol–water partition coefficient (Wildman–Crippen LogP) is 2.82. The van der Waals surface area contributed by atoms with Crippen molar-refractivity contribution in [3.05, 3.63) is 47.8 Å². The van der Waals surface area contributed by atoms with Gasteiger partial charge in [0.1, 0.15) is 11.8 Å². The number of hydrogen-bond acceptors (Lipinski definition) is 2. The summed E-state index contributed by atoms with van der Waals surface area (Å²) in [4.78, 5) is 0. The van der Waals surface area contributed by atoms with Crippen LogP contribution in [0.3, 0.4) is 0 Å². The van der Waals surface area contributed by atoms with Crippen molar-refractivity contribution in [2.45, 2.75) is 13.8 Å². The average molecular weight is 199 g/mol. The first kappa shape index (κ1) is 11.0. The highest BCUT2D eigenvalue weighted by atomic mass is 15.1. The molecule has 76 valence electrons. The summed E-state index contributed by atoms with van der Waals surface area (Å²) in [5.74, 6) is 0. The van der Waals surface area contributed by atoms with Gasteiger partial charge in [-0.3, -0.25) is 5.10 Å². The number of nitrogens with one attached hydrogen (secondary N) is 1. The van der Waals surface area contributed by atoms with E-state index in [2.05, 4.69) is 22.8 Å². The van der Waals surface area contributed by atoms with E-state index in [-0.39, 0.29) is 0 Å². The maximum atomic E-state index is 8.85. The van der Waals surface area contributed by atoms with Crippen molar-refractivity contribution in [3.8, 4) is 6.07 Å². The molecule has 1 rings (SSSR count). The van der Waals surface area contributed by atoms with E-state index >= 15 is 0 Å². The normalized spacial score (nSPS) is 12.3. The zero-order valence-electron chi connectivity index (χ0n) is 8.91. The number of rotatable bonds is 3. The molecule has 0 atom stereocenters. The minimum atomic E-state index is 0.463. The van der Waals surface area contributed by atoms with Crippen molar-refractivity contribution in [3.63, 3.8) is 0 Å². The highest BCUT2D eigenvalue weighted by Crippen LogP contribution is 2.19. The summed E-state index contributed by atoms with van der Waals surface area (Å²) >= 11 is 0. The molecule has 0 bridgehead atoms. The van der Waals surface area contributed by atoms with Gasteiger partial charge in [-0.15, -0.1) is 0 Å². The Hall–Kier alpha value is -2.08. The molecule has 0 aliphatic rings. The highest BCUT2D eigenvalue weighted by Gasteiger charge is 2.06. The number of aromatic nitrogens is 2. The van der Waals surface area contributed by atoms with Crippen LogP contribution in [-0.4, -0.2) is 10.2 Å². The Labute approximate surface area is 89.4 Å². The molecule has 0 aromatic carbocycles. The van der Waals surface area contributed by atoms with Gasteiger partial charge < -0.3 is 0 Å². The number of nitriles is 1. The van der Waals surface area contributed by atoms with Gasteiger partial charge in [0.2, 0.25) is 0 Å². The largest absolute Gasteiger partial charge is 0.267 e. The van der Waals surface area contributed by atoms with Gasteiger partial charge in [0.15, 0.2) is 0 Å². The summed E-state index contributed by atoms with van der Waals surface area (Å²) in [6.45, 7) is 7.69. The monoisotopic (exact) mass is 199 g/mol. The Morgan fingerprint density at radius 1 is 1.67 bits per heavy atom. The SMILES string of the molecule is C=C/C(=C\C(C)=C/C)c1cn[nH]c1C#N. The van der Waals surface area contributed by atoms with Gasteiger partial charge in [-0.05, 0) is 19.4 Å². The molecule has 3 nitrogen and oxygen atoms in total. The third-order valence-electron chi connectivity index (χ3n) is 2.12. The third-order valence-corrected chi connectivity index (χ3v) is 2.12. The van der Waals surface area contributed by atoms with E-state index in [0.29, 0.717) is 5.69 Å². The van der Waals surface area contributed by atoms with Crippen molar-refractivity contribution in [1.29, 1.82) is 5.26 Å². The molecule has 1 aromatic heterocycles. The molecule has 0 saturated carbocycles. The summed E-state index contributed by atoms with van der Waals surface area (Å²) in [6, 6.07) is 2.06. The zero-order chi connectivity index (χ0) is 11.3. The zero-order valence-corrected chi connectivity index (χ0v) is 8.91. The second-order valence-electron chi connectivity index (χ2n) is 3.11. The lowest BCUT2D eigenvalue weighted by Gasteiger charge is -1.99. The van der Waals surface area contributed by atoms with Crippen LogP contribution in [-0.2, 0) is 0 Å². The first-order valence-corrected chi connectivity index (χ1v) is 4.63. The summed E-state index contributed by atoms with van der Waals surface area (Å²) in [7, 11) is 0. The maximum absolute atomic E-state index is 8.85. The first-order chi connectivity index (χ1) is 7.22. The highest BCUT2D eigenvalue weighted by molar-refractivity contribution is 5.77. The van der Waals surface area contributed by atoms with E-state index in [0.717, 1.165) is 16.7 Å². The molecule has 1 aromatic rings. The second-order valence-corrected chi connectivity index (χ2v) is 3.11. The van der Waals surface area contributed by atoms with Gasteiger partial charge in [0.05, 0.1) is 6.20 Å². The summed E-state index contributed by atoms with van der Waals surface area (Å²) in [6.07, 6.45) is 7.32. The van der Waals surface area contributed by atoms with E-state index in [1.807, 2.05) is 26.0 Å². The predicted molar refractivity (Wildman–Crippen MR) is 60.9 cm³/mol. The topological polar surface area (TPSA) is 52.5 Å². The van der Waals surface area contributed by atoms with Crippen LogP contribution < -0.4 is 0 Å². The molecule has 3 heteroatoms. The van der Waals surface area contributed by atoms with E-state index in [1.54, 1.807) is 12.3 Å². The minimum absolute atomic E-state index is 0.463. The molecule has 1 heterocycles. The van der Waals surface area contributed by atoms with Gasteiger partial charge in [-0.25, -0.2) is 0 Å². The average Bonchev–Trinajstić information content (AvgIpc) is 2.73.